The Kier molecular flexibility index (Phi) is 12.9. The molecular weight excluding hydrogens is 716 g/mol. The maximum atomic E-state index is 14.0. The SMILES string of the molecule is [O]N1C2(CCCCC2)CC(C(=O)NCCCn2cc(CN(CCC(=O)NCCO)C(=O)CCCCCN3C(=O)[C@@H]4[C@H](C3=O)[C@H]3C=C[C@@H]4C3)nn2)C12CCCCC2. The number of hydrogen-bond acceptors (Lipinski definition) is 9. The molecule has 1 aromatic rings. The Balaban J connectivity index is 0.866. The lowest BCUT2D eigenvalue weighted by atomic mass is 9.72. The zero-order valence-electron chi connectivity index (χ0n) is 32.9. The number of aryl methyl sites for hydroxylation is 1. The number of likely N-dealkylation sites (tertiary alicyclic amines) is 1. The Morgan fingerprint density at radius 1 is 0.839 bits per heavy atom. The van der Waals surface area contributed by atoms with Gasteiger partial charge >= 0.3 is 0 Å². The summed E-state index contributed by atoms with van der Waals surface area (Å²) in [7, 11) is 0. The van der Waals surface area contributed by atoms with Crippen molar-refractivity contribution in [1.29, 1.82) is 0 Å². The van der Waals surface area contributed by atoms with Gasteiger partial charge in [0.25, 0.3) is 0 Å². The highest BCUT2D eigenvalue weighted by atomic mass is 16.5. The number of hydroxylamine groups is 2. The zero-order chi connectivity index (χ0) is 39.3. The molecule has 4 aliphatic carbocycles. The van der Waals surface area contributed by atoms with Crippen molar-refractivity contribution in [3.8, 4) is 0 Å². The normalized spacial score (nSPS) is 27.4. The number of aliphatic hydroxyl groups is 1. The number of aliphatic hydroxyl groups excluding tert-OH is 1. The lowest BCUT2D eigenvalue weighted by molar-refractivity contribution is -0.276. The molecule has 2 saturated heterocycles. The maximum Gasteiger partial charge on any atom is 0.233 e. The number of fused-ring (bicyclic) bond motifs is 5. The van der Waals surface area contributed by atoms with E-state index in [9.17, 15) is 29.2 Å². The van der Waals surface area contributed by atoms with E-state index in [1.807, 2.05) is 0 Å². The van der Waals surface area contributed by atoms with Gasteiger partial charge in [0.05, 0.1) is 48.2 Å². The molecule has 1 radical (unpaired) electrons. The average Bonchev–Trinajstić information content (AvgIpc) is 4.04. The summed E-state index contributed by atoms with van der Waals surface area (Å²) in [5.41, 5.74) is -0.382. The first kappa shape index (κ1) is 40.5. The highest BCUT2D eigenvalue weighted by molar-refractivity contribution is 6.06. The summed E-state index contributed by atoms with van der Waals surface area (Å²) in [6.45, 7) is 1.67. The van der Waals surface area contributed by atoms with E-state index in [1.165, 1.54) is 9.96 Å². The van der Waals surface area contributed by atoms with E-state index in [-0.39, 0.29) is 104 Å². The fraction of sp³-hybridized carbons (Fsp3) is 0.780. The van der Waals surface area contributed by atoms with Crippen molar-refractivity contribution in [1.82, 2.24) is 40.5 Å². The van der Waals surface area contributed by atoms with Gasteiger partial charge in [0.1, 0.15) is 5.69 Å². The van der Waals surface area contributed by atoms with Crippen LogP contribution in [0.2, 0.25) is 0 Å². The van der Waals surface area contributed by atoms with E-state index in [0.717, 1.165) is 70.6 Å². The molecule has 56 heavy (non-hydrogen) atoms. The smallest absolute Gasteiger partial charge is 0.233 e. The van der Waals surface area contributed by atoms with Crippen molar-refractivity contribution in [3.05, 3.63) is 24.0 Å². The number of nitrogens with zero attached hydrogens (tertiary/aromatic N) is 6. The second-order valence-electron chi connectivity index (χ2n) is 17.4. The third kappa shape index (κ3) is 8.31. The molecule has 307 valence electrons. The molecule has 6 aliphatic rings. The van der Waals surface area contributed by atoms with Crippen LogP contribution < -0.4 is 10.6 Å². The van der Waals surface area contributed by atoms with E-state index in [4.69, 9.17) is 5.11 Å². The lowest BCUT2D eigenvalue weighted by Gasteiger charge is -2.45. The Bertz CT molecular complexity index is 1590. The first-order valence-electron chi connectivity index (χ1n) is 21.5. The second kappa shape index (κ2) is 17.8. The lowest BCUT2D eigenvalue weighted by Crippen LogP contribution is -2.56. The second-order valence-corrected chi connectivity index (χ2v) is 17.4. The Hall–Kier alpha value is -3.69. The van der Waals surface area contributed by atoms with Crippen LogP contribution in [0.3, 0.4) is 0 Å². The van der Waals surface area contributed by atoms with Crippen LogP contribution in [0.4, 0.5) is 0 Å². The van der Waals surface area contributed by atoms with Gasteiger partial charge in [-0.2, -0.15) is 0 Å². The Morgan fingerprint density at radius 3 is 2.23 bits per heavy atom. The molecule has 2 aliphatic heterocycles. The maximum absolute atomic E-state index is 14.0. The predicted octanol–water partition coefficient (Wildman–Crippen LogP) is 3.05. The van der Waals surface area contributed by atoms with Crippen LogP contribution in [-0.2, 0) is 42.3 Å². The molecule has 5 amide bonds. The van der Waals surface area contributed by atoms with Gasteiger partial charge in [-0.05, 0) is 69.6 Å². The minimum absolute atomic E-state index is 0.00347. The summed E-state index contributed by atoms with van der Waals surface area (Å²) in [4.78, 5) is 68.5. The molecule has 1 aromatic heterocycles. The molecule has 7 rings (SSSR count). The number of unbranched alkanes of at least 4 members (excludes halogenated alkanes) is 2. The topological polar surface area (TPSA) is 190 Å². The summed E-state index contributed by atoms with van der Waals surface area (Å²) in [6, 6.07) is 0. The number of imide groups is 1. The number of nitrogens with one attached hydrogen (secondary N) is 2. The minimum Gasteiger partial charge on any atom is -0.395 e. The summed E-state index contributed by atoms with van der Waals surface area (Å²) in [6.07, 6.45) is 20.1. The number of hydrogen-bond donors (Lipinski definition) is 3. The first-order valence-corrected chi connectivity index (χ1v) is 21.5. The van der Waals surface area contributed by atoms with Crippen molar-refractivity contribution >= 4 is 29.5 Å². The van der Waals surface area contributed by atoms with Crippen molar-refractivity contribution in [2.75, 3.05) is 32.8 Å². The number of carbonyl (C=O) groups is 5. The van der Waals surface area contributed by atoms with Crippen LogP contribution in [0.25, 0.3) is 0 Å². The van der Waals surface area contributed by atoms with Gasteiger partial charge in [-0.3, -0.25) is 33.6 Å². The number of rotatable bonds is 18. The van der Waals surface area contributed by atoms with Crippen LogP contribution in [0.1, 0.15) is 121 Å². The van der Waals surface area contributed by atoms with E-state index >= 15 is 0 Å². The Morgan fingerprint density at radius 2 is 1.54 bits per heavy atom. The number of carbonyl (C=O) groups excluding carboxylic acids is 5. The predicted molar refractivity (Wildman–Crippen MR) is 203 cm³/mol. The highest BCUT2D eigenvalue weighted by Crippen LogP contribution is 2.56. The molecule has 2 bridgehead atoms. The number of amides is 5. The fourth-order valence-corrected chi connectivity index (χ4v) is 11.1. The van der Waals surface area contributed by atoms with Crippen molar-refractivity contribution in [2.24, 2.45) is 29.6 Å². The molecule has 0 aromatic carbocycles. The van der Waals surface area contributed by atoms with Crippen molar-refractivity contribution in [3.63, 3.8) is 0 Å². The van der Waals surface area contributed by atoms with Gasteiger partial charge in [-0.25, -0.2) is 0 Å². The summed E-state index contributed by atoms with van der Waals surface area (Å²) in [5, 5.41) is 38.8. The van der Waals surface area contributed by atoms with Gasteiger partial charge < -0.3 is 20.6 Å². The van der Waals surface area contributed by atoms with Crippen LogP contribution in [0.15, 0.2) is 18.3 Å². The van der Waals surface area contributed by atoms with Crippen LogP contribution in [0.5, 0.6) is 0 Å². The van der Waals surface area contributed by atoms with Gasteiger partial charge in [0.2, 0.25) is 29.5 Å². The molecule has 15 heteroatoms. The molecule has 3 N–H and O–H groups in total. The number of aromatic nitrogens is 3. The van der Waals surface area contributed by atoms with E-state index < -0.39 is 5.54 Å². The fourth-order valence-electron chi connectivity index (χ4n) is 11.1. The largest absolute Gasteiger partial charge is 0.395 e. The molecule has 5 atom stereocenters. The van der Waals surface area contributed by atoms with Gasteiger partial charge in [0, 0.05) is 45.6 Å². The zero-order valence-corrected chi connectivity index (χ0v) is 32.9. The molecule has 3 heterocycles. The van der Waals surface area contributed by atoms with E-state index in [1.54, 1.807) is 15.8 Å². The standard InChI is InChI=1S/C41H61N8O7/c50-24-20-42-33(51)14-23-46(34(52)11-4-1-9-22-48-38(54)35-29-12-13-30(25-29)36(35)39(48)55)27-31-28-47(45-44-31)21-10-19-43-37(53)32-26-40(15-5-2-6-16-40)49(56)41(32)17-7-3-8-18-41/h12-13,28-30,32,35-36,50H,1-11,14-27H2,(H,42,51)(H,43,53)/t29-,30+,32?,35+,36-. The first-order chi connectivity index (χ1) is 27.2. The highest BCUT2D eigenvalue weighted by Gasteiger charge is 2.63. The summed E-state index contributed by atoms with van der Waals surface area (Å²) in [5.74, 6) is -0.782. The van der Waals surface area contributed by atoms with Crippen molar-refractivity contribution < 1.29 is 34.3 Å². The number of allylic oxidation sites excluding steroid dienone is 2. The molecule has 3 saturated carbocycles. The van der Waals surface area contributed by atoms with Gasteiger partial charge in [-0.15, -0.1) is 15.4 Å². The molecule has 2 spiro atoms. The third-order valence-corrected chi connectivity index (χ3v) is 13.9. The van der Waals surface area contributed by atoms with Crippen molar-refractivity contribution in [2.45, 2.75) is 140 Å². The molecule has 1 unspecified atom stereocenters. The average molecular weight is 778 g/mol. The van der Waals surface area contributed by atoms with Crippen LogP contribution in [0, 0.1) is 29.6 Å². The van der Waals surface area contributed by atoms with Gasteiger partial charge in [-0.1, -0.05) is 62.3 Å². The van der Waals surface area contributed by atoms with Gasteiger partial charge in [0.15, 0.2) is 0 Å². The molecular formula is C41H61N8O7. The monoisotopic (exact) mass is 777 g/mol. The summed E-state index contributed by atoms with van der Waals surface area (Å²) >= 11 is 0. The van der Waals surface area contributed by atoms with Crippen LogP contribution in [-0.4, -0.2) is 108 Å². The molecule has 5 fully saturated rings. The minimum atomic E-state index is -0.575. The van der Waals surface area contributed by atoms with Crippen LogP contribution >= 0.6 is 0 Å². The third-order valence-electron chi connectivity index (χ3n) is 13.9. The van der Waals surface area contributed by atoms with E-state index in [2.05, 4.69) is 33.1 Å². The Labute approximate surface area is 329 Å². The molecule has 15 nitrogen and oxygen atoms in total. The summed E-state index contributed by atoms with van der Waals surface area (Å²) < 4.78 is 1.70. The van der Waals surface area contributed by atoms with E-state index in [0.29, 0.717) is 57.4 Å². The quantitative estimate of drug-likeness (QED) is 0.114.